The number of hydrogen-bond donors (Lipinski definition) is 2. The minimum Gasteiger partial charge on any atom is -0.493 e. The SMILES string of the molecule is CN=C(NCCc1ccc(OC)c(OC)c1)NCc1ncccc1F. The Morgan fingerprint density at radius 3 is 2.64 bits per heavy atom. The number of hydrogen-bond acceptors (Lipinski definition) is 4. The molecule has 0 saturated carbocycles. The third-order valence-corrected chi connectivity index (χ3v) is 3.64. The Kier molecular flexibility index (Phi) is 7.00. The molecule has 1 heterocycles. The molecule has 0 fully saturated rings. The van der Waals surface area contributed by atoms with Gasteiger partial charge in [0.25, 0.3) is 0 Å². The van der Waals surface area contributed by atoms with Crippen molar-refractivity contribution in [3.05, 3.63) is 53.6 Å². The van der Waals surface area contributed by atoms with Gasteiger partial charge >= 0.3 is 0 Å². The smallest absolute Gasteiger partial charge is 0.191 e. The molecule has 7 heteroatoms. The van der Waals surface area contributed by atoms with Gasteiger partial charge in [-0.05, 0) is 36.2 Å². The maximum atomic E-state index is 13.6. The van der Waals surface area contributed by atoms with Crippen molar-refractivity contribution in [1.82, 2.24) is 15.6 Å². The average molecular weight is 346 g/mol. The van der Waals surface area contributed by atoms with Crippen molar-refractivity contribution in [1.29, 1.82) is 0 Å². The fourth-order valence-corrected chi connectivity index (χ4v) is 2.30. The minimum absolute atomic E-state index is 0.267. The molecule has 6 nitrogen and oxygen atoms in total. The highest BCUT2D eigenvalue weighted by Crippen LogP contribution is 2.27. The van der Waals surface area contributed by atoms with Crippen LogP contribution in [-0.2, 0) is 13.0 Å². The van der Waals surface area contributed by atoms with Gasteiger partial charge in [0.15, 0.2) is 17.5 Å². The van der Waals surface area contributed by atoms with E-state index in [2.05, 4.69) is 20.6 Å². The molecule has 0 amide bonds. The van der Waals surface area contributed by atoms with E-state index in [9.17, 15) is 4.39 Å². The van der Waals surface area contributed by atoms with Crippen LogP contribution in [0.15, 0.2) is 41.5 Å². The maximum absolute atomic E-state index is 13.6. The van der Waals surface area contributed by atoms with E-state index < -0.39 is 0 Å². The predicted octanol–water partition coefficient (Wildman–Crippen LogP) is 2.15. The molecule has 134 valence electrons. The molecule has 0 spiro atoms. The Balaban J connectivity index is 1.84. The zero-order valence-corrected chi connectivity index (χ0v) is 14.7. The Labute approximate surface area is 147 Å². The number of rotatable bonds is 7. The Bertz CT molecular complexity index is 722. The molecule has 1 aromatic heterocycles. The summed E-state index contributed by atoms with van der Waals surface area (Å²) in [4.78, 5) is 8.13. The monoisotopic (exact) mass is 346 g/mol. The summed E-state index contributed by atoms with van der Waals surface area (Å²) in [5.41, 5.74) is 1.46. The number of nitrogens with zero attached hydrogens (tertiary/aromatic N) is 2. The standard InChI is InChI=1S/C18H23FN4O2/c1-20-18(23-12-15-14(19)5-4-9-21-15)22-10-8-13-6-7-16(24-2)17(11-13)25-3/h4-7,9,11H,8,10,12H2,1-3H3,(H2,20,22,23). The lowest BCUT2D eigenvalue weighted by molar-refractivity contribution is 0.354. The van der Waals surface area contributed by atoms with Crippen LogP contribution in [0.2, 0.25) is 0 Å². The molecule has 0 bridgehead atoms. The quantitative estimate of drug-likeness (QED) is 0.594. The van der Waals surface area contributed by atoms with Gasteiger partial charge in [0.1, 0.15) is 5.82 Å². The second-order valence-corrected chi connectivity index (χ2v) is 5.22. The Hall–Kier alpha value is -2.83. The number of guanidine groups is 1. The number of methoxy groups -OCH3 is 2. The van der Waals surface area contributed by atoms with Gasteiger partial charge in [0, 0.05) is 19.8 Å². The summed E-state index contributed by atoms with van der Waals surface area (Å²) >= 11 is 0. The van der Waals surface area contributed by atoms with E-state index in [0.29, 0.717) is 29.7 Å². The molecule has 0 aliphatic rings. The minimum atomic E-state index is -0.337. The Morgan fingerprint density at radius 2 is 1.96 bits per heavy atom. The number of benzene rings is 1. The average Bonchev–Trinajstić information content (AvgIpc) is 2.65. The van der Waals surface area contributed by atoms with Crippen LogP contribution in [0.5, 0.6) is 11.5 Å². The molecule has 0 saturated heterocycles. The summed E-state index contributed by atoms with van der Waals surface area (Å²) in [6.07, 6.45) is 2.34. The fraction of sp³-hybridized carbons (Fsp3) is 0.333. The van der Waals surface area contributed by atoms with Crippen LogP contribution >= 0.6 is 0 Å². The van der Waals surface area contributed by atoms with Crippen molar-refractivity contribution >= 4 is 5.96 Å². The fourth-order valence-electron chi connectivity index (χ4n) is 2.30. The molecule has 0 aliphatic carbocycles. The third kappa shape index (κ3) is 5.34. The Morgan fingerprint density at radius 1 is 1.16 bits per heavy atom. The van der Waals surface area contributed by atoms with Crippen LogP contribution in [0.1, 0.15) is 11.3 Å². The third-order valence-electron chi connectivity index (χ3n) is 3.64. The first-order valence-electron chi connectivity index (χ1n) is 7.92. The van der Waals surface area contributed by atoms with Crippen molar-refractivity contribution in [3.8, 4) is 11.5 Å². The second-order valence-electron chi connectivity index (χ2n) is 5.22. The van der Waals surface area contributed by atoms with Crippen LogP contribution in [0.3, 0.4) is 0 Å². The number of aromatic nitrogens is 1. The highest BCUT2D eigenvalue weighted by atomic mass is 19.1. The van der Waals surface area contributed by atoms with Gasteiger partial charge in [-0.1, -0.05) is 6.07 Å². The summed E-state index contributed by atoms with van der Waals surface area (Å²) in [6, 6.07) is 8.76. The van der Waals surface area contributed by atoms with Gasteiger partial charge in [-0.15, -0.1) is 0 Å². The van der Waals surface area contributed by atoms with Crippen molar-refractivity contribution < 1.29 is 13.9 Å². The largest absolute Gasteiger partial charge is 0.493 e. The molecule has 0 aliphatic heterocycles. The van der Waals surface area contributed by atoms with E-state index in [1.54, 1.807) is 33.5 Å². The first-order valence-corrected chi connectivity index (χ1v) is 7.92. The first-order chi connectivity index (χ1) is 12.2. The molecule has 0 radical (unpaired) electrons. The molecule has 1 aromatic carbocycles. The molecule has 2 rings (SSSR count). The van der Waals surface area contributed by atoms with Gasteiger partial charge in [-0.3, -0.25) is 9.98 Å². The topological polar surface area (TPSA) is 67.8 Å². The summed E-state index contributed by atoms with van der Waals surface area (Å²) in [6.45, 7) is 0.933. The van der Waals surface area contributed by atoms with Crippen molar-refractivity contribution in [2.75, 3.05) is 27.8 Å². The lowest BCUT2D eigenvalue weighted by Crippen LogP contribution is -2.38. The number of nitrogens with one attached hydrogen (secondary N) is 2. The predicted molar refractivity (Wildman–Crippen MR) is 95.6 cm³/mol. The zero-order valence-electron chi connectivity index (χ0n) is 14.7. The van der Waals surface area contributed by atoms with Crippen molar-refractivity contribution in [2.45, 2.75) is 13.0 Å². The van der Waals surface area contributed by atoms with Gasteiger partial charge < -0.3 is 20.1 Å². The lowest BCUT2D eigenvalue weighted by Gasteiger charge is -2.13. The normalized spacial score (nSPS) is 11.1. The summed E-state index contributed by atoms with van der Waals surface area (Å²) in [7, 11) is 4.89. The highest BCUT2D eigenvalue weighted by molar-refractivity contribution is 5.79. The van der Waals surface area contributed by atoms with Crippen LogP contribution in [0.25, 0.3) is 0 Å². The van der Waals surface area contributed by atoms with E-state index in [4.69, 9.17) is 9.47 Å². The maximum Gasteiger partial charge on any atom is 0.191 e. The first kappa shape index (κ1) is 18.5. The van der Waals surface area contributed by atoms with Crippen LogP contribution in [0, 0.1) is 5.82 Å². The van der Waals surface area contributed by atoms with E-state index >= 15 is 0 Å². The van der Waals surface area contributed by atoms with Crippen LogP contribution in [-0.4, -0.2) is 38.8 Å². The number of ether oxygens (including phenoxy) is 2. The van der Waals surface area contributed by atoms with Crippen molar-refractivity contribution in [3.63, 3.8) is 0 Å². The highest BCUT2D eigenvalue weighted by Gasteiger charge is 2.06. The van der Waals surface area contributed by atoms with Gasteiger partial charge in [0.2, 0.25) is 0 Å². The number of halogens is 1. The second kappa shape index (κ2) is 9.46. The molecule has 0 unspecified atom stereocenters. The number of pyridine rings is 1. The summed E-state index contributed by atoms with van der Waals surface area (Å²) in [5, 5.41) is 6.24. The van der Waals surface area contributed by atoms with Gasteiger partial charge in [-0.25, -0.2) is 4.39 Å². The molecule has 2 N–H and O–H groups in total. The van der Waals surface area contributed by atoms with E-state index in [0.717, 1.165) is 12.0 Å². The molecular weight excluding hydrogens is 323 g/mol. The molecule has 25 heavy (non-hydrogen) atoms. The van der Waals surface area contributed by atoms with Crippen LogP contribution in [0.4, 0.5) is 4.39 Å². The summed E-state index contributed by atoms with van der Waals surface area (Å²) < 4.78 is 24.1. The lowest BCUT2D eigenvalue weighted by atomic mass is 10.1. The van der Waals surface area contributed by atoms with Crippen molar-refractivity contribution in [2.24, 2.45) is 4.99 Å². The molecule has 2 aromatic rings. The van der Waals surface area contributed by atoms with E-state index in [-0.39, 0.29) is 12.4 Å². The van der Waals surface area contributed by atoms with E-state index in [1.807, 2.05) is 18.2 Å². The molecule has 0 atom stereocenters. The van der Waals surface area contributed by atoms with E-state index in [1.165, 1.54) is 6.07 Å². The number of aliphatic imine (C=N–C) groups is 1. The van der Waals surface area contributed by atoms with Gasteiger partial charge in [0.05, 0.1) is 26.5 Å². The molecular formula is C18H23FN4O2. The van der Waals surface area contributed by atoms with Gasteiger partial charge in [-0.2, -0.15) is 0 Å². The zero-order chi connectivity index (χ0) is 18.1. The van der Waals surface area contributed by atoms with Crippen LogP contribution < -0.4 is 20.1 Å². The summed E-state index contributed by atoms with van der Waals surface area (Å²) in [5.74, 6) is 1.66.